The summed E-state index contributed by atoms with van der Waals surface area (Å²) in [5.41, 5.74) is 3.18. The molecule has 4 N–H and O–H groups in total. The molecule has 0 bridgehead atoms. The molecule has 5 rings (SSSR count). The Morgan fingerprint density at radius 2 is 1.03 bits per heavy atom. The number of rotatable bonds is 19. The fraction of sp³-hybridized carbons (Fsp3) is 0.182. The van der Waals surface area contributed by atoms with Crippen LogP contribution >= 0.6 is 58.0 Å². The number of nitrogens with one attached hydrogen (secondary N) is 4. The number of anilines is 4. The van der Waals surface area contributed by atoms with Gasteiger partial charge < -0.3 is 26.0 Å². The van der Waals surface area contributed by atoms with Crippen molar-refractivity contribution >= 4 is 127 Å². The Labute approximate surface area is 391 Å². The van der Waals surface area contributed by atoms with Crippen LogP contribution in [0.5, 0.6) is 5.75 Å². The van der Waals surface area contributed by atoms with Gasteiger partial charge in [0.2, 0.25) is 12.1 Å². The van der Waals surface area contributed by atoms with Gasteiger partial charge in [0.05, 0.1) is 44.1 Å². The molecule has 0 saturated carbocycles. The Morgan fingerprint density at radius 1 is 0.562 bits per heavy atom. The van der Waals surface area contributed by atoms with Gasteiger partial charge in [-0.2, -0.15) is 20.5 Å². The van der Waals surface area contributed by atoms with Gasteiger partial charge in [-0.05, 0) is 97.8 Å². The molecule has 0 fully saturated rings. The van der Waals surface area contributed by atoms with E-state index < -0.39 is 47.3 Å². The SMILES string of the molecule is CC(=O)C(N=Nc1ccc(Cl)c(C(=O)Nc2cccc(CCl)c2)c1)C(=O)Nc1ccc(NC(=O)C(N=Nc2ccc(Cl)c(C(=O)Nc3cccc(CCl)c3)c2)C(C)=O)c(OCCCl)c1. The van der Waals surface area contributed by atoms with Gasteiger partial charge in [0.1, 0.15) is 12.4 Å². The summed E-state index contributed by atoms with van der Waals surface area (Å²) in [6.07, 6.45) is 0. The molecule has 330 valence electrons. The number of amides is 4. The minimum atomic E-state index is -1.63. The quantitative estimate of drug-likeness (QED) is 0.0357. The van der Waals surface area contributed by atoms with Crippen molar-refractivity contribution in [1.82, 2.24) is 0 Å². The maximum absolute atomic E-state index is 13.5. The van der Waals surface area contributed by atoms with Gasteiger partial charge in [-0.15, -0.1) is 34.8 Å². The first-order chi connectivity index (χ1) is 30.7. The van der Waals surface area contributed by atoms with E-state index in [-0.39, 0.29) is 73.9 Å². The molecule has 2 atom stereocenters. The first-order valence-corrected chi connectivity index (χ1v) is 21.3. The first kappa shape index (κ1) is 48.8. The number of ether oxygens (including phenoxy) is 1. The third-order valence-electron chi connectivity index (χ3n) is 8.75. The summed E-state index contributed by atoms with van der Waals surface area (Å²) < 4.78 is 5.73. The highest BCUT2D eigenvalue weighted by Gasteiger charge is 2.26. The number of azo groups is 2. The van der Waals surface area contributed by atoms with Gasteiger partial charge in [-0.25, -0.2) is 0 Å². The summed E-state index contributed by atoms with van der Waals surface area (Å²) in [7, 11) is 0. The van der Waals surface area contributed by atoms with Gasteiger partial charge in [0, 0.05) is 34.9 Å². The van der Waals surface area contributed by atoms with Crippen molar-refractivity contribution in [3.8, 4) is 5.75 Å². The zero-order chi connectivity index (χ0) is 46.3. The van der Waals surface area contributed by atoms with E-state index in [4.69, 9.17) is 62.7 Å². The minimum Gasteiger partial charge on any atom is -0.490 e. The second kappa shape index (κ2) is 23.5. The van der Waals surface area contributed by atoms with E-state index in [1.807, 2.05) is 6.07 Å². The zero-order valence-electron chi connectivity index (χ0n) is 33.8. The molecule has 5 aromatic carbocycles. The van der Waals surface area contributed by atoms with Crippen LogP contribution in [-0.2, 0) is 30.9 Å². The highest BCUT2D eigenvalue weighted by Crippen LogP contribution is 2.31. The van der Waals surface area contributed by atoms with Crippen LogP contribution in [0.1, 0.15) is 45.7 Å². The summed E-state index contributed by atoms with van der Waals surface area (Å²) in [5, 5.41) is 26.9. The lowest BCUT2D eigenvalue weighted by Gasteiger charge is -2.16. The third-order valence-corrected chi connectivity index (χ3v) is 10.2. The van der Waals surface area contributed by atoms with Crippen LogP contribution < -0.4 is 26.0 Å². The molecule has 0 heterocycles. The molecule has 0 aromatic heterocycles. The second-order valence-electron chi connectivity index (χ2n) is 13.6. The van der Waals surface area contributed by atoms with E-state index in [0.29, 0.717) is 11.4 Å². The highest BCUT2D eigenvalue weighted by atomic mass is 35.5. The van der Waals surface area contributed by atoms with Crippen LogP contribution in [0, 0.1) is 0 Å². The smallest absolute Gasteiger partial charge is 0.258 e. The van der Waals surface area contributed by atoms with Gasteiger partial charge in [0.15, 0.2) is 11.6 Å². The van der Waals surface area contributed by atoms with E-state index in [0.717, 1.165) is 25.0 Å². The highest BCUT2D eigenvalue weighted by molar-refractivity contribution is 6.35. The van der Waals surface area contributed by atoms with Crippen molar-refractivity contribution in [3.05, 3.63) is 135 Å². The minimum absolute atomic E-state index is 0.0204. The molecule has 2 unspecified atom stereocenters. The molecule has 15 nitrogen and oxygen atoms in total. The van der Waals surface area contributed by atoms with Crippen LogP contribution in [-0.4, -0.2) is 59.8 Å². The lowest BCUT2D eigenvalue weighted by molar-refractivity contribution is -0.127. The van der Waals surface area contributed by atoms with Crippen LogP contribution in [0.2, 0.25) is 10.0 Å². The van der Waals surface area contributed by atoms with Crippen molar-refractivity contribution in [3.63, 3.8) is 0 Å². The Kier molecular flexibility index (Phi) is 17.9. The number of ketones is 2. The average Bonchev–Trinajstić information content (AvgIpc) is 3.27. The number of nitrogens with zero attached hydrogens (tertiary/aromatic N) is 4. The fourth-order valence-electron chi connectivity index (χ4n) is 5.63. The largest absolute Gasteiger partial charge is 0.490 e. The maximum Gasteiger partial charge on any atom is 0.258 e. The summed E-state index contributed by atoms with van der Waals surface area (Å²) in [6, 6.07) is 23.3. The topological polar surface area (TPSA) is 209 Å². The lowest BCUT2D eigenvalue weighted by Crippen LogP contribution is -2.32. The normalized spacial score (nSPS) is 12.0. The van der Waals surface area contributed by atoms with Crippen molar-refractivity contribution in [2.45, 2.75) is 37.7 Å². The summed E-state index contributed by atoms with van der Waals surface area (Å²) in [5.74, 6) is -3.53. The summed E-state index contributed by atoms with van der Waals surface area (Å²) in [6.45, 7) is 2.29. The Bertz CT molecular complexity index is 2650. The standard InChI is InChI=1S/C44H37Cl5N8O7/c1-24(58)39(56-54-31-9-12-35(48)33(19-31)41(60)50-28-7-3-5-26(17-28)22-46)43(62)52-30-11-14-37(38(21-30)64-16-15-45)53-44(63)40(25(2)59)57-55-32-10-13-36(49)34(20-32)42(61)51-29-8-4-6-27(18-29)23-47/h3-14,17-21,39-40H,15-16,22-23H2,1-2H3,(H,50,60)(H,51,61)(H,52,62)(H,53,63). The van der Waals surface area contributed by atoms with Crippen LogP contribution in [0.25, 0.3) is 0 Å². The zero-order valence-corrected chi connectivity index (χ0v) is 37.6. The van der Waals surface area contributed by atoms with Gasteiger partial charge in [0.25, 0.3) is 23.6 Å². The van der Waals surface area contributed by atoms with Gasteiger partial charge >= 0.3 is 0 Å². The Hall–Kier alpha value is -6.23. The van der Waals surface area contributed by atoms with Crippen molar-refractivity contribution in [2.24, 2.45) is 20.5 Å². The number of carbonyl (C=O) groups is 6. The molecule has 5 aromatic rings. The number of Topliss-reactive ketones (excluding diaryl/α,β-unsaturated/α-hetero) is 2. The average molecular weight is 967 g/mol. The molecule has 0 spiro atoms. The van der Waals surface area contributed by atoms with E-state index in [1.54, 1.807) is 42.5 Å². The van der Waals surface area contributed by atoms with Crippen LogP contribution in [0.3, 0.4) is 0 Å². The predicted molar refractivity (Wildman–Crippen MR) is 249 cm³/mol. The third kappa shape index (κ3) is 13.6. The molecular formula is C44H37Cl5N8O7. The van der Waals surface area contributed by atoms with Crippen LogP contribution in [0.4, 0.5) is 34.1 Å². The number of halogens is 5. The molecule has 0 aliphatic rings. The van der Waals surface area contributed by atoms with Gasteiger partial charge in [-0.3, -0.25) is 28.8 Å². The van der Waals surface area contributed by atoms with Crippen molar-refractivity contribution in [1.29, 1.82) is 0 Å². The van der Waals surface area contributed by atoms with Crippen LogP contribution in [0.15, 0.2) is 124 Å². The Morgan fingerprint density at radius 3 is 1.48 bits per heavy atom. The molecule has 4 amide bonds. The number of carbonyl (C=O) groups excluding carboxylic acids is 6. The second-order valence-corrected chi connectivity index (χ2v) is 15.3. The van der Waals surface area contributed by atoms with E-state index in [1.165, 1.54) is 54.6 Å². The maximum atomic E-state index is 13.5. The van der Waals surface area contributed by atoms with Crippen molar-refractivity contribution < 1.29 is 33.5 Å². The first-order valence-electron chi connectivity index (χ1n) is 19.0. The molecular weight excluding hydrogens is 930 g/mol. The molecule has 64 heavy (non-hydrogen) atoms. The van der Waals surface area contributed by atoms with Crippen molar-refractivity contribution in [2.75, 3.05) is 33.8 Å². The monoisotopic (exact) mass is 964 g/mol. The number of benzene rings is 5. The molecule has 0 aliphatic heterocycles. The van der Waals surface area contributed by atoms with E-state index in [9.17, 15) is 28.8 Å². The molecule has 0 aliphatic carbocycles. The summed E-state index contributed by atoms with van der Waals surface area (Å²) in [4.78, 5) is 78.2. The lowest BCUT2D eigenvalue weighted by atomic mass is 10.1. The van der Waals surface area contributed by atoms with E-state index >= 15 is 0 Å². The van der Waals surface area contributed by atoms with Gasteiger partial charge in [-0.1, -0.05) is 47.5 Å². The fourth-order valence-corrected chi connectivity index (χ4v) is 6.45. The number of alkyl halides is 3. The molecule has 0 radical (unpaired) electrons. The summed E-state index contributed by atoms with van der Waals surface area (Å²) >= 11 is 30.3. The number of hydrogen-bond acceptors (Lipinski definition) is 11. The van der Waals surface area contributed by atoms with E-state index in [2.05, 4.69) is 41.7 Å². The predicted octanol–water partition coefficient (Wildman–Crippen LogP) is 11.0. The molecule has 0 saturated heterocycles. The number of hydrogen-bond donors (Lipinski definition) is 4. The molecule has 20 heteroatoms. The Balaban J connectivity index is 1.28.